The SMILES string of the molecule is C=CCn1c(=O)c2ccccc2n(C)c1=O. The standard InChI is InChI=1S/C12H12N2O2/c1-3-8-14-11(15)9-6-4-5-7-10(9)13(2)12(14)16/h3-7H,1,8H2,2H3. The smallest absolute Gasteiger partial charge is 0.296 e. The maximum absolute atomic E-state index is 12.0. The second kappa shape index (κ2) is 3.81. The van der Waals surface area contributed by atoms with Gasteiger partial charge in [0.25, 0.3) is 5.56 Å². The number of para-hydroxylation sites is 1. The van der Waals surface area contributed by atoms with Crippen LogP contribution in [0.25, 0.3) is 10.9 Å². The summed E-state index contributed by atoms with van der Waals surface area (Å²) in [6.45, 7) is 3.77. The number of aryl methyl sites for hydroxylation is 1. The highest BCUT2D eigenvalue weighted by Gasteiger charge is 2.08. The van der Waals surface area contributed by atoms with Gasteiger partial charge in [0.2, 0.25) is 0 Å². The second-order valence-corrected chi connectivity index (χ2v) is 3.56. The van der Waals surface area contributed by atoms with Crippen LogP contribution in [-0.4, -0.2) is 9.13 Å². The van der Waals surface area contributed by atoms with Crippen molar-refractivity contribution in [2.24, 2.45) is 7.05 Å². The minimum atomic E-state index is -0.316. The van der Waals surface area contributed by atoms with Crippen molar-refractivity contribution in [1.29, 1.82) is 0 Å². The normalized spacial score (nSPS) is 10.6. The predicted molar refractivity (Wildman–Crippen MR) is 63.6 cm³/mol. The molecule has 0 saturated heterocycles. The van der Waals surface area contributed by atoms with Gasteiger partial charge in [-0.15, -0.1) is 6.58 Å². The van der Waals surface area contributed by atoms with Crippen molar-refractivity contribution >= 4 is 10.9 Å². The lowest BCUT2D eigenvalue weighted by Gasteiger charge is -2.08. The Morgan fingerprint density at radius 3 is 2.69 bits per heavy atom. The molecule has 4 nitrogen and oxygen atoms in total. The highest BCUT2D eigenvalue weighted by atomic mass is 16.2. The van der Waals surface area contributed by atoms with Gasteiger partial charge in [-0.25, -0.2) is 4.79 Å². The molecule has 0 spiro atoms. The third kappa shape index (κ3) is 1.39. The van der Waals surface area contributed by atoms with E-state index in [0.29, 0.717) is 10.9 Å². The van der Waals surface area contributed by atoms with Crippen LogP contribution in [0.15, 0.2) is 46.5 Å². The van der Waals surface area contributed by atoms with Crippen molar-refractivity contribution in [2.75, 3.05) is 0 Å². The van der Waals surface area contributed by atoms with Gasteiger partial charge in [-0.2, -0.15) is 0 Å². The molecule has 1 aromatic carbocycles. The minimum Gasteiger partial charge on any atom is -0.296 e. The van der Waals surface area contributed by atoms with Crippen molar-refractivity contribution < 1.29 is 0 Å². The molecule has 1 heterocycles. The molecule has 0 aliphatic rings. The number of benzene rings is 1. The van der Waals surface area contributed by atoms with E-state index < -0.39 is 0 Å². The summed E-state index contributed by atoms with van der Waals surface area (Å²) in [5, 5.41) is 0.548. The first-order valence-electron chi connectivity index (χ1n) is 4.96. The summed E-state index contributed by atoms with van der Waals surface area (Å²) in [7, 11) is 1.66. The Morgan fingerprint density at radius 2 is 2.00 bits per heavy atom. The van der Waals surface area contributed by atoms with Gasteiger partial charge in [0, 0.05) is 13.6 Å². The molecule has 0 fully saturated rings. The molecule has 2 rings (SSSR count). The second-order valence-electron chi connectivity index (χ2n) is 3.56. The molecule has 0 N–H and O–H groups in total. The number of hydrogen-bond donors (Lipinski definition) is 0. The summed E-state index contributed by atoms with van der Waals surface area (Å²) in [5.41, 5.74) is 0.0695. The Morgan fingerprint density at radius 1 is 1.31 bits per heavy atom. The van der Waals surface area contributed by atoms with Crippen molar-refractivity contribution in [3.63, 3.8) is 0 Å². The Balaban J connectivity index is 3.00. The molecule has 0 unspecified atom stereocenters. The molecule has 1 aromatic heterocycles. The van der Waals surface area contributed by atoms with Crippen molar-refractivity contribution in [2.45, 2.75) is 6.54 Å². The molecule has 0 bridgehead atoms. The first-order valence-corrected chi connectivity index (χ1v) is 4.96. The van der Waals surface area contributed by atoms with Crippen LogP contribution in [0, 0.1) is 0 Å². The molecule has 16 heavy (non-hydrogen) atoms. The fraction of sp³-hybridized carbons (Fsp3) is 0.167. The van der Waals surface area contributed by atoms with Gasteiger partial charge in [0.1, 0.15) is 0 Å². The number of fused-ring (bicyclic) bond motifs is 1. The Hall–Kier alpha value is -2.10. The highest BCUT2D eigenvalue weighted by Crippen LogP contribution is 2.05. The molecule has 0 amide bonds. The largest absolute Gasteiger partial charge is 0.331 e. The third-order valence-corrected chi connectivity index (χ3v) is 2.57. The van der Waals surface area contributed by atoms with Gasteiger partial charge in [-0.3, -0.25) is 13.9 Å². The quantitative estimate of drug-likeness (QED) is 0.700. The van der Waals surface area contributed by atoms with Crippen LogP contribution in [0.5, 0.6) is 0 Å². The average molecular weight is 216 g/mol. The summed E-state index contributed by atoms with van der Waals surface area (Å²) in [5.74, 6) is 0. The van der Waals surface area contributed by atoms with Gasteiger partial charge in [0.05, 0.1) is 10.9 Å². The molecular weight excluding hydrogens is 204 g/mol. The molecule has 0 atom stereocenters. The number of nitrogens with zero attached hydrogens (tertiary/aromatic N) is 2. The monoisotopic (exact) mass is 216 g/mol. The molecule has 4 heteroatoms. The maximum Gasteiger partial charge on any atom is 0.331 e. The zero-order valence-corrected chi connectivity index (χ0v) is 9.01. The Bertz CT molecular complexity index is 665. The fourth-order valence-electron chi connectivity index (χ4n) is 1.75. The number of aromatic nitrogens is 2. The zero-order valence-electron chi connectivity index (χ0n) is 9.01. The number of rotatable bonds is 2. The van der Waals surface area contributed by atoms with E-state index in [9.17, 15) is 9.59 Å². The molecule has 2 aromatic rings. The summed E-state index contributed by atoms with van der Waals surface area (Å²) in [4.78, 5) is 23.9. The van der Waals surface area contributed by atoms with Crippen LogP contribution in [-0.2, 0) is 13.6 Å². The lowest BCUT2D eigenvalue weighted by molar-refractivity contribution is 0.672. The first-order chi connectivity index (χ1) is 7.66. The van der Waals surface area contributed by atoms with Gasteiger partial charge in [0.15, 0.2) is 0 Å². The van der Waals surface area contributed by atoms with Crippen molar-refractivity contribution in [3.8, 4) is 0 Å². The van der Waals surface area contributed by atoms with Gasteiger partial charge in [-0.1, -0.05) is 18.2 Å². The summed E-state index contributed by atoms with van der Waals surface area (Å²) in [6, 6.07) is 7.07. The Kier molecular flexibility index (Phi) is 2.48. The topological polar surface area (TPSA) is 44.0 Å². The van der Waals surface area contributed by atoms with Crippen molar-refractivity contribution in [1.82, 2.24) is 9.13 Å². The summed E-state index contributed by atoms with van der Waals surface area (Å²) >= 11 is 0. The lowest BCUT2D eigenvalue weighted by atomic mass is 10.2. The van der Waals surface area contributed by atoms with E-state index in [1.807, 2.05) is 0 Å². The third-order valence-electron chi connectivity index (χ3n) is 2.57. The molecule has 0 aliphatic carbocycles. The van der Waals surface area contributed by atoms with Crippen molar-refractivity contribution in [3.05, 3.63) is 57.8 Å². The lowest BCUT2D eigenvalue weighted by Crippen LogP contribution is -2.38. The summed E-state index contributed by atoms with van der Waals surface area (Å²) in [6.07, 6.45) is 1.54. The average Bonchev–Trinajstić information content (AvgIpc) is 2.32. The van der Waals surface area contributed by atoms with E-state index in [2.05, 4.69) is 6.58 Å². The Labute approximate surface area is 92.1 Å². The van der Waals surface area contributed by atoms with E-state index >= 15 is 0 Å². The van der Waals surface area contributed by atoms with Crippen LogP contribution in [0.1, 0.15) is 0 Å². The van der Waals surface area contributed by atoms with Gasteiger partial charge < -0.3 is 0 Å². The van der Waals surface area contributed by atoms with E-state index in [0.717, 1.165) is 0 Å². The fourth-order valence-corrected chi connectivity index (χ4v) is 1.75. The molecule has 0 saturated carbocycles. The van der Waals surface area contributed by atoms with E-state index in [1.165, 1.54) is 15.2 Å². The van der Waals surface area contributed by atoms with E-state index in [-0.39, 0.29) is 17.8 Å². The zero-order chi connectivity index (χ0) is 11.7. The van der Waals surface area contributed by atoms with E-state index in [1.54, 1.807) is 31.3 Å². The number of hydrogen-bond acceptors (Lipinski definition) is 2. The minimum absolute atomic E-state index is 0.232. The molecule has 0 aliphatic heterocycles. The predicted octanol–water partition coefficient (Wildman–Crippen LogP) is 0.886. The molecule has 82 valence electrons. The summed E-state index contributed by atoms with van der Waals surface area (Å²) < 4.78 is 2.65. The van der Waals surface area contributed by atoms with E-state index in [4.69, 9.17) is 0 Å². The highest BCUT2D eigenvalue weighted by molar-refractivity contribution is 5.77. The molecule has 0 radical (unpaired) electrons. The van der Waals surface area contributed by atoms with Crippen LogP contribution in [0.3, 0.4) is 0 Å². The van der Waals surface area contributed by atoms with Crippen LogP contribution >= 0.6 is 0 Å². The first kappa shape index (κ1) is 10.4. The maximum atomic E-state index is 12.0. The van der Waals surface area contributed by atoms with Crippen LogP contribution in [0.4, 0.5) is 0 Å². The number of allylic oxidation sites excluding steroid dienone is 1. The van der Waals surface area contributed by atoms with Crippen LogP contribution < -0.4 is 11.2 Å². The van der Waals surface area contributed by atoms with Crippen LogP contribution in [0.2, 0.25) is 0 Å². The van der Waals surface area contributed by atoms with Gasteiger partial charge in [-0.05, 0) is 12.1 Å². The molecular formula is C12H12N2O2. The van der Waals surface area contributed by atoms with Gasteiger partial charge >= 0.3 is 5.69 Å².